The number of rotatable bonds is 3. The van der Waals surface area contributed by atoms with Crippen LogP contribution in [-0.2, 0) is 4.74 Å². The number of carbonyl (C=O) groups excluding carboxylic acids is 1. The van der Waals surface area contributed by atoms with E-state index in [-0.39, 0.29) is 5.97 Å². The number of esters is 1. The molecule has 0 saturated carbocycles. The minimum absolute atomic E-state index is 0.344. The lowest BCUT2D eigenvalue weighted by Crippen LogP contribution is -2.04. The van der Waals surface area contributed by atoms with Crippen molar-refractivity contribution in [3.05, 3.63) is 36.3 Å². The lowest BCUT2D eigenvalue weighted by molar-refractivity contribution is 0.0527. The summed E-state index contributed by atoms with van der Waals surface area (Å²) in [6.07, 6.45) is 4.79. The molecule has 0 saturated heterocycles. The molecule has 0 amide bonds. The van der Waals surface area contributed by atoms with E-state index in [9.17, 15) is 4.79 Å². The van der Waals surface area contributed by atoms with Crippen molar-refractivity contribution in [3.8, 4) is 11.3 Å². The number of aromatic nitrogens is 3. The molecule has 16 heavy (non-hydrogen) atoms. The first kappa shape index (κ1) is 10.4. The quantitative estimate of drug-likeness (QED) is 0.794. The summed E-state index contributed by atoms with van der Waals surface area (Å²) in [4.78, 5) is 15.6. The SMILES string of the molecule is CCOC(=O)c1cn[nH]c1-c1cccnc1. The molecular formula is C11H11N3O2. The van der Waals surface area contributed by atoms with Crippen LogP contribution in [0, 0.1) is 0 Å². The Hall–Kier alpha value is -2.17. The van der Waals surface area contributed by atoms with Gasteiger partial charge in [0.2, 0.25) is 0 Å². The molecule has 0 radical (unpaired) electrons. The fourth-order valence-corrected chi connectivity index (χ4v) is 1.38. The number of pyridine rings is 1. The third-order valence-electron chi connectivity index (χ3n) is 2.08. The first-order valence-electron chi connectivity index (χ1n) is 4.93. The van der Waals surface area contributed by atoms with Gasteiger partial charge in [-0.15, -0.1) is 0 Å². The third-order valence-corrected chi connectivity index (χ3v) is 2.08. The van der Waals surface area contributed by atoms with Gasteiger partial charge in [-0.2, -0.15) is 5.10 Å². The summed E-state index contributed by atoms with van der Waals surface area (Å²) >= 11 is 0. The summed E-state index contributed by atoms with van der Waals surface area (Å²) in [5.41, 5.74) is 1.87. The topological polar surface area (TPSA) is 67.9 Å². The number of hydrogen-bond donors (Lipinski definition) is 1. The average Bonchev–Trinajstić information content (AvgIpc) is 2.79. The van der Waals surface area contributed by atoms with Crippen LogP contribution in [0.25, 0.3) is 11.3 Å². The van der Waals surface area contributed by atoms with Crippen LogP contribution in [0.1, 0.15) is 17.3 Å². The highest BCUT2D eigenvalue weighted by Crippen LogP contribution is 2.20. The maximum Gasteiger partial charge on any atom is 0.341 e. The molecule has 5 nitrogen and oxygen atoms in total. The smallest absolute Gasteiger partial charge is 0.341 e. The van der Waals surface area contributed by atoms with E-state index in [2.05, 4.69) is 15.2 Å². The number of nitrogens with one attached hydrogen (secondary N) is 1. The van der Waals surface area contributed by atoms with Crippen LogP contribution in [0.2, 0.25) is 0 Å². The Balaban J connectivity index is 2.37. The van der Waals surface area contributed by atoms with Crippen molar-refractivity contribution < 1.29 is 9.53 Å². The average molecular weight is 217 g/mol. The van der Waals surface area contributed by atoms with Gasteiger partial charge in [0.05, 0.1) is 18.5 Å². The van der Waals surface area contributed by atoms with Crippen molar-refractivity contribution in [3.63, 3.8) is 0 Å². The van der Waals surface area contributed by atoms with Gasteiger partial charge < -0.3 is 4.74 Å². The summed E-state index contributed by atoms with van der Waals surface area (Å²) in [6.45, 7) is 2.11. The van der Waals surface area contributed by atoms with Crippen molar-refractivity contribution in [2.75, 3.05) is 6.61 Å². The largest absolute Gasteiger partial charge is 0.462 e. The van der Waals surface area contributed by atoms with Crippen molar-refractivity contribution in [2.24, 2.45) is 0 Å². The fourth-order valence-electron chi connectivity index (χ4n) is 1.38. The zero-order valence-corrected chi connectivity index (χ0v) is 8.80. The molecule has 0 unspecified atom stereocenters. The second-order valence-corrected chi connectivity index (χ2v) is 3.12. The molecule has 1 N–H and O–H groups in total. The van der Waals surface area contributed by atoms with Gasteiger partial charge in [0.25, 0.3) is 0 Å². The molecule has 0 bridgehead atoms. The molecule has 0 aliphatic carbocycles. The number of nitrogens with zero attached hydrogens (tertiary/aromatic N) is 2. The van der Waals surface area contributed by atoms with Crippen LogP contribution >= 0.6 is 0 Å². The van der Waals surface area contributed by atoms with Gasteiger partial charge in [0, 0.05) is 18.0 Å². The summed E-state index contributed by atoms with van der Waals surface area (Å²) in [6, 6.07) is 3.65. The van der Waals surface area contributed by atoms with E-state index >= 15 is 0 Å². The molecule has 2 aromatic heterocycles. The van der Waals surface area contributed by atoms with Gasteiger partial charge in [0.1, 0.15) is 5.56 Å². The van der Waals surface area contributed by atoms with E-state index < -0.39 is 0 Å². The molecule has 2 rings (SSSR count). The highest BCUT2D eigenvalue weighted by molar-refractivity contribution is 5.95. The Morgan fingerprint density at radius 3 is 3.06 bits per heavy atom. The number of hydrogen-bond acceptors (Lipinski definition) is 4. The van der Waals surface area contributed by atoms with Crippen LogP contribution in [0.15, 0.2) is 30.7 Å². The van der Waals surface area contributed by atoms with Gasteiger partial charge in [0.15, 0.2) is 0 Å². The summed E-state index contributed by atoms with van der Waals surface area (Å²) in [5, 5.41) is 6.62. The standard InChI is InChI=1S/C11H11N3O2/c1-2-16-11(15)9-7-13-14-10(9)8-4-3-5-12-6-8/h3-7H,2H2,1H3,(H,13,14). The summed E-state index contributed by atoms with van der Waals surface area (Å²) in [5.74, 6) is -0.380. The monoisotopic (exact) mass is 217 g/mol. The second-order valence-electron chi connectivity index (χ2n) is 3.12. The molecule has 0 aliphatic rings. The number of H-pyrrole nitrogens is 1. The Morgan fingerprint density at radius 2 is 2.38 bits per heavy atom. The lowest BCUT2D eigenvalue weighted by Gasteiger charge is -2.02. The number of aromatic amines is 1. The minimum atomic E-state index is -0.380. The molecule has 5 heteroatoms. The normalized spacial score (nSPS) is 10.1. The maximum atomic E-state index is 11.6. The van der Waals surface area contributed by atoms with E-state index in [4.69, 9.17) is 4.74 Å². The second kappa shape index (κ2) is 4.57. The van der Waals surface area contributed by atoms with Crippen LogP contribution in [0.4, 0.5) is 0 Å². The highest BCUT2D eigenvalue weighted by atomic mass is 16.5. The molecule has 0 atom stereocenters. The Labute approximate surface area is 92.5 Å². The summed E-state index contributed by atoms with van der Waals surface area (Å²) in [7, 11) is 0. The van der Waals surface area contributed by atoms with Crippen molar-refractivity contribution in [1.82, 2.24) is 15.2 Å². The molecule has 2 aromatic rings. The van der Waals surface area contributed by atoms with Crippen LogP contribution in [-0.4, -0.2) is 27.8 Å². The molecular weight excluding hydrogens is 206 g/mol. The lowest BCUT2D eigenvalue weighted by atomic mass is 10.1. The van der Waals surface area contributed by atoms with Crippen molar-refractivity contribution >= 4 is 5.97 Å². The van der Waals surface area contributed by atoms with Gasteiger partial charge in [-0.05, 0) is 19.1 Å². The Morgan fingerprint density at radius 1 is 1.50 bits per heavy atom. The molecule has 82 valence electrons. The molecule has 0 aliphatic heterocycles. The van der Waals surface area contributed by atoms with Crippen molar-refractivity contribution in [1.29, 1.82) is 0 Å². The maximum absolute atomic E-state index is 11.6. The van der Waals surface area contributed by atoms with Crippen LogP contribution in [0.3, 0.4) is 0 Å². The zero-order valence-electron chi connectivity index (χ0n) is 8.80. The molecule has 0 aromatic carbocycles. The fraction of sp³-hybridized carbons (Fsp3) is 0.182. The minimum Gasteiger partial charge on any atom is -0.462 e. The molecule has 2 heterocycles. The van der Waals surface area contributed by atoms with E-state index in [1.165, 1.54) is 6.20 Å². The van der Waals surface area contributed by atoms with Gasteiger partial charge in [-0.1, -0.05) is 0 Å². The number of carbonyl (C=O) groups is 1. The Bertz CT molecular complexity index is 479. The molecule has 0 fully saturated rings. The van der Waals surface area contributed by atoms with Crippen LogP contribution in [0.5, 0.6) is 0 Å². The van der Waals surface area contributed by atoms with E-state index in [0.29, 0.717) is 17.9 Å². The molecule has 0 spiro atoms. The Kier molecular flexibility index (Phi) is 2.95. The zero-order chi connectivity index (χ0) is 11.4. The van der Waals surface area contributed by atoms with Gasteiger partial charge >= 0.3 is 5.97 Å². The predicted molar refractivity (Wildman–Crippen MR) is 57.8 cm³/mol. The predicted octanol–water partition coefficient (Wildman–Crippen LogP) is 1.65. The van der Waals surface area contributed by atoms with Crippen molar-refractivity contribution in [2.45, 2.75) is 6.92 Å². The van der Waals surface area contributed by atoms with E-state index in [0.717, 1.165) is 5.56 Å². The first-order valence-corrected chi connectivity index (χ1v) is 4.93. The van der Waals surface area contributed by atoms with Gasteiger partial charge in [-0.25, -0.2) is 4.79 Å². The van der Waals surface area contributed by atoms with Crippen LogP contribution < -0.4 is 0 Å². The van der Waals surface area contributed by atoms with E-state index in [1.807, 2.05) is 6.07 Å². The number of ether oxygens (including phenoxy) is 1. The van der Waals surface area contributed by atoms with E-state index in [1.54, 1.807) is 25.4 Å². The third kappa shape index (κ3) is 1.93. The van der Waals surface area contributed by atoms with Gasteiger partial charge in [-0.3, -0.25) is 10.1 Å². The highest BCUT2D eigenvalue weighted by Gasteiger charge is 2.15. The first-order chi connectivity index (χ1) is 7.83. The summed E-state index contributed by atoms with van der Waals surface area (Å²) < 4.78 is 4.93.